The Labute approximate surface area is 74.5 Å². The van der Waals surface area contributed by atoms with Gasteiger partial charge in [0.15, 0.2) is 0 Å². The molecule has 0 unspecified atom stereocenters. The predicted molar refractivity (Wildman–Crippen MR) is 50.7 cm³/mol. The molecule has 0 bridgehead atoms. The van der Waals surface area contributed by atoms with Crippen molar-refractivity contribution in [2.45, 2.75) is 6.42 Å². The van der Waals surface area contributed by atoms with Crippen molar-refractivity contribution in [1.29, 1.82) is 0 Å². The van der Waals surface area contributed by atoms with Gasteiger partial charge in [-0.2, -0.15) is 0 Å². The van der Waals surface area contributed by atoms with Crippen LogP contribution in [0, 0.1) is 0 Å². The lowest BCUT2D eigenvalue weighted by Crippen LogP contribution is -2.47. The Hall–Kier alpha value is -0.160. The third-order valence-corrected chi connectivity index (χ3v) is 2.24. The van der Waals surface area contributed by atoms with E-state index in [-0.39, 0.29) is 0 Å². The molecule has 0 radical (unpaired) electrons. The fourth-order valence-corrected chi connectivity index (χ4v) is 1.67. The molecule has 0 spiro atoms. The summed E-state index contributed by atoms with van der Waals surface area (Å²) in [5.74, 6) is 0. The van der Waals surface area contributed by atoms with Gasteiger partial charge in [-0.15, -0.1) is 0 Å². The topological polar surface area (TPSA) is 58.5 Å². The van der Waals surface area contributed by atoms with Gasteiger partial charge in [0.05, 0.1) is 6.67 Å². The summed E-state index contributed by atoms with van der Waals surface area (Å²) < 4.78 is 0. The summed E-state index contributed by atoms with van der Waals surface area (Å²) in [6.45, 7) is 6.99. The molecule has 4 nitrogen and oxygen atoms in total. The molecule has 0 aliphatic carbocycles. The van der Waals surface area contributed by atoms with Gasteiger partial charge in [0.25, 0.3) is 0 Å². The minimum absolute atomic E-state index is 0.760. The molecular weight excluding hydrogens is 152 g/mol. The van der Waals surface area contributed by atoms with Crippen molar-refractivity contribution in [2.24, 2.45) is 11.5 Å². The molecular formula is C8H20N4. The molecule has 0 amide bonds. The van der Waals surface area contributed by atoms with Crippen LogP contribution >= 0.6 is 0 Å². The summed E-state index contributed by atoms with van der Waals surface area (Å²) in [6, 6.07) is 0. The Bertz CT molecular complexity index is 102. The predicted octanol–water partition coefficient (Wildman–Crippen LogP) is -1.13. The molecule has 1 saturated heterocycles. The van der Waals surface area contributed by atoms with Crippen LogP contribution in [0.2, 0.25) is 0 Å². The van der Waals surface area contributed by atoms with E-state index in [2.05, 4.69) is 9.80 Å². The molecule has 4 heteroatoms. The van der Waals surface area contributed by atoms with Crippen LogP contribution < -0.4 is 11.5 Å². The van der Waals surface area contributed by atoms with Crippen LogP contribution in [-0.2, 0) is 0 Å². The molecule has 0 aromatic rings. The van der Waals surface area contributed by atoms with Crippen molar-refractivity contribution in [3.8, 4) is 0 Å². The number of nitrogens with zero attached hydrogens (tertiary/aromatic N) is 2. The van der Waals surface area contributed by atoms with E-state index >= 15 is 0 Å². The van der Waals surface area contributed by atoms with Crippen LogP contribution in [0.3, 0.4) is 0 Å². The fraction of sp³-hybridized carbons (Fsp3) is 1.00. The maximum absolute atomic E-state index is 5.49. The van der Waals surface area contributed by atoms with Gasteiger partial charge in [0.1, 0.15) is 0 Å². The van der Waals surface area contributed by atoms with E-state index in [0.717, 1.165) is 32.8 Å². The summed E-state index contributed by atoms with van der Waals surface area (Å²) in [7, 11) is 0. The lowest BCUT2D eigenvalue weighted by atomic mass is 10.3. The van der Waals surface area contributed by atoms with E-state index in [4.69, 9.17) is 11.5 Å². The summed E-state index contributed by atoms with van der Waals surface area (Å²) in [6.07, 6.45) is 1.25. The zero-order chi connectivity index (χ0) is 8.81. The first-order chi connectivity index (χ1) is 5.86. The standard InChI is InChI=1S/C8H20N4/c9-2-6-11-4-1-5-12(8-11)7-3-10/h1-10H2. The third-order valence-electron chi connectivity index (χ3n) is 2.24. The molecule has 0 aromatic carbocycles. The lowest BCUT2D eigenvalue weighted by molar-refractivity contribution is 0.0912. The molecule has 1 heterocycles. The number of hydrogen-bond acceptors (Lipinski definition) is 4. The maximum Gasteiger partial charge on any atom is 0.0507 e. The van der Waals surface area contributed by atoms with Gasteiger partial charge in [0, 0.05) is 39.3 Å². The molecule has 0 saturated carbocycles. The molecule has 0 atom stereocenters. The summed E-state index contributed by atoms with van der Waals surface area (Å²) >= 11 is 0. The minimum Gasteiger partial charge on any atom is -0.329 e. The second kappa shape index (κ2) is 5.48. The van der Waals surface area contributed by atoms with Gasteiger partial charge in [-0.1, -0.05) is 0 Å². The van der Waals surface area contributed by atoms with Gasteiger partial charge in [-0.3, -0.25) is 9.80 Å². The van der Waals surface area contributed by atoms with Crippen molar-refractivity contribution < 1.29 is 0 Å². The fourth-order valence-electron chi connectivity index (χ4n) is 1.67. The number of hydrogen-bond donors (Lipinski definition) is 2. The first kappa shape index (κ1) is 9.92. The van der Waals surface area contributed by atoms with Crippen LogP contribution in [-0.4, -0.2) is 55.7 Å². The Balaban J connectivity index is 2.20. The zero-order valence-corrected chi connectivity index (χ0v) is 7.71. The third kappa shape index (κ3) is 3.06. The van der Waals surface area contributed by atoms with Crippen molar-refractivity contribution >= 4 is 0 Å². The van der Waals surface area contributed by atoms with Gasteiger partial charge in [0.2, 0.25) is 0 Å². The highest BCUT2D eigenvalue weighted by molar-refractivity contribution is 4.68. The van der Waals surface area contributed by atoms with Crippen LogP contribution in [0.4, 0.5) is 0 Å². The summed E-state index contributed by atoms with van der Waals surface area (Å²) in [5.41, 5.74) is 11.0. The van der Waals surface area contributed by atoms with E-state index in [1.165, 1.54) is 19.5 Å². The Morgan fingerprint density at radius 1 is 0.917 bits per heavy atom. The smallest absolute Gasteiger partial charge is 0.0507 e. The highest BCUT2D eigenvalue weighted by Gasteiger charge is 2.15. The molecule has 12 heavy (non-hydrogen) atoms. The maximum atomic E-state index is 5.49. The molecule has 1 aliphatic rings. The minimum atomic E-state index is 0.760. The van der Waals surface area contributed by atoms with E-state index in [1.54, 1.807) is 0 Å². The first-order valence-electron chi connectivity index (χ1n) is 4.71. The molecule has 0 aromatic heterocycles. The van der Waals surface area contributed by atoms with E-state index in [0.29, 0.717) is 0 Å². The van der Waals surface area contributed by atoms with Gasteiger partial charge < -0.3 is 11.5 Å². The number of rotatable bonds is 4. The van der Waals surface area contributed by atoms with Gasteiger partial charge in [-0.25, -0.2) is 0 Å². The number of nitrogens with two attached hydrogens (primary N) is 2. The molecule has 1 rings (SSSR count). The lowest BCUT2D eigenvalue weighted by Gasteiger charge is -2.35. The Morgan fingerprint density at radius 2 is 1.42 bits per heavy atom. The van der Waals surface area contributed by atoms with Crippen molar-refractivity contribution in [3.63, 3.8) is 0 Å². The molecule has 1 fully saturated rings. The summed E-state index contributed by atoms with van der Waals surface area (Å²) in [5, 5.41) is 0. The van der Waals surface area contributed by atoms with Crippen molar-refractivity contribution in [2.75, 3.05) is 45.9 Å². The van der Waals surface area contributed by atoms with Crippen LogP contribution in [0.25, 0.3) is 0 Å². The van der Waals surface area contributed by atoms with Gasteiger partial charge >= 0.3 is 0 Å². The van der Waals surface area contributed by atoms with Crippen molar-refractivity contribution in [3.05, 3.63) is 0 Å². The normalized spacial score (nSPS) is 21.5. The SMILES string of the molecule is NCCN1CCCN(CCN)C1. The zero-order valence-electron chi connectivity index (χ0n) is 7.71. The van der Waals surface area contributed by atoms with Crippen LogP contribution in [0.1, 0.15) is 6.42 Å². The van der Waals surface area contributed by atoms with E-state index < -0.39 is 0 Å². The average Bonchev–Trinajstić information content (AvgIpc) is 2.06. The highest BCUT2D eigenvalue weighted by atomic mass is 15.3. The second-order valence-corrected chi connectivity index (χ2v) is 3.31. The van der Waals surface area contributed by atoms with E-state index in [1.807, 2.05) is 0 Å². The average molecular weight is 172 g/mol. The van der Waals surface area contributed by atoms with Crippen molar-refractivity contribution in [1.82, 2.24) is 9.80 Å². The quantitative estimate of drug-likeness (QED) is 0.563. The Morgan fingerprint density at radius 3 is 1.83 bits per heavy atom. The first-order valence-corrected chi connectivity index (χ1v) is 4.71. The highest BCUT2D eigenvalue weighted by Crippen LogP contribution is 2.03. The molecule has 72 valence electrons. The molecule has 1 aliphatic heterocycles. The molecule has 4 N–H and O–H groups in total. The summed E-state index contributed by atoms with van der Waals surface area (Å²) in [4.78, 5) is 4.78. The second-order valence-electron chi connectivity index (χ2n) is 3.31. The Kier molecular flexibility index (Phi) is 4.53. The van der Waals surface area contributed by atoms with Crippen LogP contribution in [0.5, 0.6) is 0 Å². The van der Waals surface area contributed by atoms with Crippen LogP contribution in [0.15, 0.2) is 0 Å². The monoisotopic (exact) mass is 172 g/mol. The largest absolute Gasteiger partial charge is 0.329 e. The van der Waals surface area contributed by atoms with Gasteiger partial charge in [-0.05, 0) is 6.42 Å². The van der Waals surface area contributed by atoms with E-state index in [9.17, 15) is 0 Å².